The van der Waals surface area contributed by atoms with Gasteiger partial charge in [-0.3, -0.25) is 14.4 Å². The van der Waals surface area contributed by atoms with E-state index in [1.165, 1.54) is 0 Å². The molecule has 4 heteroatoms. The average Bonchev–Trinajstić information content (AvgIpc) is 2.22. The molecule has 0 saturated carbocycles. The number of hydrogen-bond acceptors (Lipinski definition) is 3. The van der Waals surface area contributed by atoms with Crippen molar-refractivity contribution in [2.75, 3.05) is 6.54 Å². The van der Waals surface area contributed by atoms with E-state index in [0.717, 1.165) is 0 Å². The normalized spacial score (nSPS) is 12.4. The van der Waals surface area contributed by atoms with Gasteiger partial charge in [-0.15, -0.1) is 0 Å². The SMILES string of the molecule is CC(=O)C(C)(C)CC(C)(C)CC(=O)NCC(=O)C(C)C. The molecule has 0 aliphatic carbocycles. The average molecular weight is 283 g/mol. The van der Waals surface area contributed by atoms with Crippen molar-refractivity contribution < 1.29 is 14.4 Å². The van der Waals surface area contributed by atoms with Crippen LogP contribution in [0.4, 0.5) is 0 Å². The van der Waals surface area contributed by atoms with Crippen LogP contribution in [0.3, 0.4) is 0 Å². The first-order chi connectivity index (χ1) is 8.87. The Morgan fingerprint density at radius 1 is 1.05 bits per heavy atom. The molecule has 0 radical (unpaired) electrons. The Morgan fingerprint density at radius 2 is 1.55 bits per heavy atom. The summed E-state index contributed by atoms with van der Waals surface area (Å²) >= 11 is 0. The molecule has 4 nitrogen and oxygen atoms in total. The van der Waals surface area contributed by atoms with Crippen molar-refractivity contribution in [1.82, 2.24) is 5.32 Å². The minimum atomic E-state index is -0.433. The summed E-state index contributed by atoms with van der Waals surface area (Å²) in [5, 5.41) is 2.66. The largest absolute Gasteiger partial charge is 0.349 e. The van der Waals surface area contributed by atoms with Gasteiger partial charge in [0, 0.05) is 17.8 Å². The van der Waals surface area contributed by atoms with Crippen LogP contribution in [0.2, 0.25) is 0 Å². The van der Waals surface area contributed by atoms with E-state index in [1.807, 2.05) is 41.5 Å². The zero-order valence-corrected chi connectivity index (χ0v) is 13.9. The Balaban J connectivity index is 4.43. The van der Waals surface area contributed by atoms with Gasteiger partial charge < -0.3 is 5.32 Å². The summed E-state index contributed by atoms with van der Waals surface area (Å²) in [6.07, 6.45) is 0.954. The summed E-state index contributed by atoms with van der Waals surface area (Å²) in [7, 11) is 0. The number of hydrogen-bond donors (Lipinski definition) is 1. The van der Waals surface area contributed by atoms with Gasteiger partial charge in [0.1, 0.15) is 5.78 Å². The van der Waals surface area contributed by atoms with Crippen LogP contribution in [0, 0.1) is 16.7 Å². The lowest BCUT2D eigenvalue weighted by atomic mass is 9.71. The summed E-state index contributed by atoms with van der Waals surface area (Å²) in [5.41, 5.74) is -0.711. The van der Waals surface area contributed by atoms with Gasteiger partial charge >= 0.3 is 0 Å². The standard InChI is InChI=1S/C16H29NO3/c1-11(2)13(19)9-17-14(20)8-15(4,5)10-16(6,7)12(3)18/h11H,8-10H2,1-7H3,(H,17,20). The minimum Gasteiger partial charge on any atom is -0.349 e. The van der Waals surface area contributed by atoms with Crippen molar-refractivity contribution in [2.45, 2.75) is 61.3 Å². The van der Waals surface area contributed by atoms with Crippen LogP contribution >= 0.6 is 0 Å². The molecule has 0 bridgehead atoms. The first-order valence-corrected chi connectivity index (χ1v) is 7.18. The van der Waals surface area contributed by atoms with E-state index >= 15 is 0 Å². The van der Waals surface area contributed by atoms with Crippen LogP contribution < -0.4 is 5.32 Å². The Kier molecular flexibility index (Phi) is 6.59. The third-order valence-electron chi connectivity index (χ3n) is 3.62. The molecule has 0 heterocycles. The fraction of sp³-hybridized carbons (Fsp3) is 0.812. The molecule has 0 fully saturated rings. The molecule has 20 heavy (non-hydrogen) atoms. The van der Waals surface area contributed by atoms with E-state index in [-0.39, 0.29) is 35.4 Å². The molecular formula is C16H29NO3. The summed E-state index contributed by atoms with van der Waals surface area (Å²) in [4.78, 5) is 34.9. The van der Waals surface area contributed by atoms with Crippen molar-refractivity contribution in [2.24, 2.45) is 16.7 Å². The van der Waals surface area contributed by atoms with Gasteiger partial charge in [0.25, 0.3) is 0 Å². The third-order valence-corrected chi connectivity index (χ3v) is 3.62. The number of carbonyl (C=O) groups excluding carboxylic acids is 3. The maximum absolute atomic E-state index is 11.9. The lowest BCUT2D eigenvalue weighted by Crippen LogP contribution is -2.36. The number of rotatable bonds is 8. The van der Waals surface area contributed by atoms with E-state index in [4.69, 9.17) is 0 Å². The number of Topliss-reactive ketones (excluding diaryl/α,β-unsaturated/α-hetero) is 2. The number of carbonyl (C=O) groups is 3. The van der Waals surface area contributed by atoms with Crippen LogP contribution in [0.15, 0.2) is 0 Å². The second kappa shape index (κ2) is 7.00. The van der Waals surface area contributed by atoms with Gasteiger partial charge in [0.15, 0.2) is 5.78 Å². The number of ketones is 2. The van der Waals surface area contributed by atoms with Gasteiger partial charge in [-0.1, -0.05) is 41.5 Å². The Labute approximate surface area is 122 Å². The number of nitrogens with one attached hydrogen (secondary N) is 1. The van der Waals surface area contributed by atoms with Crippen LogP contribution in [-0.2, 0) is 14.4 Å². The first-order valence-electron chi connectivity index (χ1n) is 7.18. The van der Waals surface area contributed by atoms with Crippen molar-refractivity contribution in [1.29, 1.82) is 0 Å². The van der Waals surface area contributed by atoms with Crippen LogP contribution in [0.1, 0.15) is 61.3 Å². The molecule has 0 aromatic carbocycles. The molecule has 0 aromatic rings. The van der Waals surface area contributed by atoms with E-state index in [1.54, 1.807) is 6.92 Å². The molecule has 116 valence electrons. The molecule has 0 rings (SSSR count). The monoisotopic (exact) mass is 283 g/mol. The molecule has 0 aliphatic rings. The van der Waals surface area contributed by atoms with E-state index in [2.05, 4.69) is 5.32 Å². The Morgan fingerprint density at radius 3 is 1.95 bits per heavy atom. The quantitative estimate of drug-likeness (QED) is 0.745. The molecular weight excluding hydrogens is 254 g/mol. The Bertz CT molecular complexity index is 381. The van der Waals surface area contributed by atoms with E-state index in [0.29, 0.717) is 12.8 Å². The predicted molar refractivity (Wildman–Crippen MR) is 80.3 cm³/mol. The maximum atomic E-state index is 11.9. The van der Waals surface area contributed by atoms with Crippen LogP contribution in [-0.4, -0.2) is 24.0 Å². The van der Waals surface area contributed by atoms with Gasteiger partial charge in [-0.2, -0.15) is 0 Å². The second-order valence-electron chi connectivity index (χ2n) is 7.36. The lowest BCUT2D eigenvalue weighted by molar-refractivity contribution is -0.130. The van der Waals surface area contributed by atoms with Crippen molar-refractivity contribution in [3.05, 3.63) is 0 Å². The second-order valence-corrected chi connectivity index (χ2v) is 7.36. The highest BCUT2D eigenvalue weighted by atomic mass is 16.2. The molecule has 0 unspecified atom stereocenters. The predicted octanol–water partition coefficient (Wildman–Crippen LogP) is 2.75. The molecule has 1 amide bonds. The molecule has 0 aromatic heterocycles. The van der Waals surface area contributed by atoms with E-state index < -0.39 is 5.41 Å². The fourth-order valence-corrected chi connectivity index (χ4v) is 2.27. The minimum absolute atomic E-state index is 0.0280. The molecule has 0 saturated heterocycles. The summed E-state index contributed by atoms with van der Waals surface area (Å²) in [6.45, 7) is 13.0. The Hall–Kier alpha value is -1.19. The summed E-state index contributed by atoms with van der Waals surface area (Å²) < 4.78 is 0. The highest BCUT2D eigenvalue weighted by Crippen LogP contribution is 2.36. The van der Waals surface area contributed by atoms with Crippen molar-refractivity contribution in [3.63, 3.8) is 0 Å². The number of amides is 1. The van der Waals surface area contributed by atoms with Gasteiger partial charge in [0.05, 0.1) is 6.54 Å². The van der Waals surface area contributed by atoms with Gasteiger partial charge in [0.2, 0.25) is 5.91 Å². The zero-order valence-electron chi connectivity index (χ0n) is 13.9. The lowest BCUT2D eigenvalue weighted by Gasteiger charge is -2.32. The fourth-order valence-electron chi connectivity index (χ4n) is 2.27. The van der Waals surface area contributed by atoms with E-state index in [9.17, 15) is 14.4 Å². The molecule has 0 atom stereocenters. The molecule has 0 spiro atoms. The smallest absolute Gasteiger partial charge is 0.220 e. The van der Waals surface area contributed by atoms with Crippen molar-refractivity contribution in [3.8, 4) is 0 Å². The van der Waals surface area contributed by atoms with Crippen molar-refractivity contribution >= 4 is 17.5 Å². The zero-order chi connectivity index (χ0) is 16.1. The van der Waals surface area contributed by atoms with Crippen LogP contribution in [0.25, 0.3) is 0 Å². The molecule has 1 N–H and O–H groups in total. The summed E-state index contributed by atoms with van der Waals surface area (Å²) in [5.74, 6) is -0.0514. The maximum Gasteiger partial charge on any atom is 0.220 e. The van der Waals surface area contributed by atoms with Crippen LogP contribution in [0.5, 0.6) is 0 Å². The topological polar surface area (TPSA) is 63.2 Å². The van der Waals surface area contributed by atoms with Gasteiger partial charge in [-0.05, 0) is 18.8 Å². The van der Waals surface area contributed by atoms with Gasteiger partial charge in [-0.25, -0.2) is 0 Å². The highest BCUT2D eigenvalue weighted by molar-refractivity contribution is 5.87. The first kappa shape index (κ1) is 18.8. The summed E-state index contributed by atoms with van der Waals surface area (Å²) in [6, 6.07) is 0. The highest BCUT2D eigenvalue weighted by Gasteiger charge is 2.33. The third kappa shape index (κ3) is 6.83. The molecule has 0 aliphatic heterocycles.